The zero-order valence-electron chi connectivity index (χ0n) is 12.5. The monoisotopic (exact) mass is 294 g/mol. The van der Waals surface area contributed by atoms with E-state index in [1.165, 1.54) is 0 Å². The molecule has 0 radical (unpaired) electrons. The maximum absolute atomic E-state index is 11.5. The summed E-state index contributed by atoms with van der Waals surface area (Å²) in [6.07, 6.45) is 2.23. The molecule has 0 amide bonds. The fourth-order valence-electron chi connectivity index (χ4n) is 1.30. The molecule has 0 saturated carbocycles. The molecule has 1 aromatic rings. The number of carbonyl (C=O) groups is 1. The first-order chi connectivity index (χ1) is 9.37. The predicted octanol–water partition coefficient (Wildman–Crippen LogP) is 4.09. The summed E-state index contributed by atoms with van der Waals surface area (Å²) in [6, 6.07) is 9.47. The molecule has 1 unspecified atom stereocenters. The number of benzene rings is 1. The van der Waals surface area contributed by atoms with Gasteiger partial charge in [0.15, 0.2) is 0 Å². The van der Waals surface area contributed by atoms with Crippen molar-refractivity contribution in [1.82, 2.24) is 0 Å². The minimum Gasteiger partial charge on any atom is -0.550 e. The van der Waals surface area contributed by atoms with Crippen LogP contribution in [0.3, 0.4) is 0 Å². The average Bonchev–Trinajstić information content (AvgIpc) is 2.36. The van der Waals surface area contributed by atoms with Gasteiger partial charge in [0, 0.05) is 0 Å². The molecule has 0 aliphatic carbocycles. The molecule has 0 aliphatic rings. The highest BCUT2D eigenvalue weighted by atomic mass is 28.4. The van der Waals surface area contributed by atoms with E-state index in [0.717, 1.165) is 5.56 Å². The summed E-state index contributed by atoms with van der Waals surface area (Å²) < 4.78 is 15.6. The van der Waals surface area contributed by atoms with Crippen LogP contribution < -0.4 is 0 Å². The number of carbonyl (C=O) groups excluding carboxylic acids is 1. The third-order valence-corrected chi connectivity index (χ3v) is 3.10. The molecule has 0 aliphatic heterocycles. The maximum Gasteiger partial charge on any atom is 0.509 e. The third kappa shape index (κ3) is 7.63. The summed E-state index contributed by atoms with van der Waals surface area (Å²) in [4.78, 5) is 11.5. The van der Waals surface area contributed by atoms with E-state index < -0.39 is 14.5 Å². The minimum absolute atomic E-state index is 0.210. The highest BCUT2D eigenvalue weighted by Crippen LogP contribution is 2.06. The maximum atomic E-state index is 11.5. The van der Waals surface area contributed by atoms with E-state index in [2.05, 4.69) is 19.6 Å². The SMILES string of the molecule is CC(C=CO[Si](C)(C)C)OC(=O)OCc1ccccc1. The van der Waals surface area contributed by atoms with Gasteiger partial charge in [-0.1, -0.05) is 30.3 Å². The quantitative estimate of drug-likeness (QED) is 0.450. The first-order valence-electron chi connectivity index (χ1n) is 6.58. The van der Waals surface area contributed by atoms with Crippen LogP contribution in [0.15, 0.2) is 42.7 Å². The van der Waals surface area contributed by atoms with E-state index in [-0.39, 0.29) is 12.7 Å². The van der Waals surface area contributed by atoms with Gasteiger partial charge < -0.3 is 13.9 Å². The first-order valence-corrected chi connectivity index (χ1v) is 9.99. The van der Waals surface area contributed by atoms with Gasteiger partial charge in [0.05, 0.1) is 6.26 Å². The Morgan fingerprint density at radius 2 is 1.90 bits per heavy atom. The van der Waals surface area contributed by atoms with Gasteiger partial charge >= 0.3 is 6.16 Å². The molecule has 0 fully saturated rings. The normalized spacial score (nSPS) is 13.0. The Hall–Kier alpha value is -1.75. The van der Waals surface area contributed by atoms with Crippen molar-refractivity contribution in [3.8, 4) is 0 Å². The topological polar surface area (TPSA) is 44.8 Å². The van der Waals surface area contributed by atoms with E-state index in [1.54, 1.807) is 19.3 Å². The molecule has 0 aromatic heterocycles. The van der Waals surface area contributed by atoms with Crippen molar-refractivity contribution in [2.45, 2.75) is 39.3 Å². The minimum atomic E-state index is -1.58. The van der Waals surface area contributed by atoms with Crippen LogP contribution >= 0.6 is 0 Å². The predicted molar refractivity (Wildman–Crippen MR) is 80.7 cm³/mol. The summed E-state index contributed by atoms with van der Waals surface area (Å²) in [5.74, 6) is 0. The Bertz CT molecular complexity index is 437. The Morgan fingerprint density at radius 3 is 2.50 bits per heavy atom. The van der Waals surface area contributed by atoms with Crippen LogP contribution in [0.4, 0.5) is 4.79 Å². The molecule has 0 heterocycles. The summed E-state index contributed by atoms with van der Waals surface area (Å²) in [6.45, 7) is 8.21. The largest absolute Gasteiger partial charge is 0.550 e. The highest BCUT2D eigenvalue weighted by molar-refractivity contribution is 6.69. The Balaban J connectivity index is 2.28. The van der Waals surface area contributed by atoms with Crippen LogP contribution in [0, 0.1) is 0 Å². The molecule has 4 nitrogen and oxygen atoms in total. The van der Waals surface area contributed by atoms with Crippen molar-refractivity contribution in [2.75, 3.05) is 0 Å². The summed E-state index contributed by atoms with van der Waals surface area (Å²) >= 11 is 0. The van der Waals surface area contributed by atoms with Crippen LogP contribution in [0.1, 0.15) is 12.5 Å². The third-order valence-electron chi connectivity index (χ3n) is 2.25. The summed E-state index contributed by atoms with van der Waals surface area (Å²) in [7, 11) is -1.58. The van der Waals surface area contributed by atoms with E-state index in [1.807, 2.05) is 30.3 Å². The lowest BCUT2D eigenvalue weighted by atomic mass is 10.2. The lowest BCUT2D eigenvalue weighted by molar-refractivity contribution is 0.0366. The molecule has 5 heteroatoms. The molecule has 110 valence electrons. The van der Waals surface area contributed by atoms with Crippen molar-refractivity contribution in [3.05, 3.63) is 48.2 Å². The van der Waals surface area contributed by atoms with Gasteiger partial charge in [-0.05, 0) is 38.2 Å². The van der Waals surface area contributed by atoms with Crippen molar-refractivity contribution >= 4 is 14.5 Å². The Morgan fingerprint density at radius 1 is 1.25 bits per heavy atom. The van der Waals surface area contributed by atoms with Gasteiger partial charge in [-0.2, -0.15) is 0 Å². The Labute approximate surface area is 121 Å². The van der Waals surface area contributed by atoms with Crippen LogP contribution in [-0.4, -0.2) is 20.6 Å². The van der Waals surface area contributed by atoms with Gasteiger partial charge in [0.1, 0.15) is 12.7 Å². The zero-order chi connectivity index (χ0) is 15.0. The highest BCUT2D eigenvalue weighted by Gasteiger charge is 2.13. The van der Waals surface area contributed by atoms with Gasteiger partial charge in [0.25, 0.3) is 0 Å². The number of hydrogen-bond acceptors (Lipinski definition) is 4. The molecule has 0 saturated heterocycles. The molecular formula is C15H22O4Si. The van der Waals surface area contributed by atoms with Crippen molar-refractivity contribution < 1.29 is 18.7 Å². The average molecular weight is 294 g/mol. The van der Waals surface area contributed by atoms with Crippen molar-refractivity contribution in [3.63, 3.8) is 0 Å². The second kappa shape index (κ2) is 7.74. The number of hydrogen-bond donors (Lipinski definition) is 0. The van der Waals surface area contributed by atoms with Gasteiger partial charge in [-0.3, -0.25) is 0 Å². The summed E-state index contributed by atoms with van der Waals surface area (Å²) in [5, 5.41) is 0. The summed E-state index contributed by atoms with van der Waals surface area (Å²) in [5.41, 5.74) is 0.926. The molecular weight excluding hydrogens is 272 g/mol. The van der Waals surface area contributed by atoms with E-state index in [0.29, 0.717) is 0 Å². The molecule has 0 spiro atoms. The van der Waals surface area contributed by atoms with Crippen LogP contribution in [0.5, 0.6) is 0 Å². The smallest absolute Gasteiger partial charge is 0.509 e. The van der Waals surface area contributed by atoms with Crippen LogP contribution in [-0.2, 0) is 20.5 Å². The molecule has 1 atom stereocenters. The number of ether oxygens (including phenoxy) is 2. The van der Waals surface area contributed by atoms with Crippen molar-refractivity contribution in [2.24, 2.45) is 0 Å². The lowest BCUT2D eigenvalue weighted by Crippen LogP contribution is -2.22. The Kier molecular flexibility index (Phi) is 6.31. The second-order valence-electron chi connectivity index (χ2n) is 5.41. The van der Waals surface area contributed by atoms with Crippen molar-refractivity contribution in [1.29, 1.82) is 0 Å². The molecule has 0 bridgehead atoms. The molecule has 1 rings (SSSR count). The second-order valence-corrected chi connectivity index (χ2v) is 9.87. The first kappa shape index (κ1) is 16.3. The molecule has 1 aromatic carbocycles. The fourth-order valence-corrected chi connectivity index (χ4v) is 1.78. The molecule has 20 heavy (non-hydrogen) atoms. The van der Waals surface area contributed by atoms with Crippen LogP contribution in [0.25, 0.3) is 0 Å². The number of rotatable bonds is 6. The van der Waals surface area contributed by atoms with Gasteiger partial charge in [-0.15, -0.1) is 0 Å². The van der Waals surface area contributed by atoms with Gasteiger partial charge in [-0.25, -0.2) is 4.79 Å². The van der Waals surface area contributed by atoms with Gasteiger partial charge in [0.2, 0.25) is 8.32 Å². The lowest BCUT2D eigenvalue weighted by Gasteiger charge is -2.15. The fraction of sp³-hybridized carbons (Fsp3) is 0.400. The molecule has 0 N–H and O–H groups in total. The standard InChI is InChI=1S/C15H22O4Si/c1-13(10-11-18-20(2,3)4)19-15(16)17-12-14-8-6-5-7-9-14/h5-11,13H,12H2,1-4H3. The van der Waals surface area contributed by atoms with E-state index in [9.17, 15) is 4.79 Å². The van der Waals surface area contributed by atoms with E-state index >= 15 is 0 Å². The van der Waals surface area contributed by atoms with E-state index in [4.69, 9.17) is 13.9 Å². The van der Waals surface area contributed by atoms with Crippen LogP contribution in [0.2, 0.25) is 19.6 Å². The zero-order valence-corrected chi connectivity index (χ0v) is 13.5.